The first-order chi connectivity index (χ1) is 9.42. The van der Waals surface area contributed by atoms with Crippen LogP contribution < -0.4 is 5.32 Å². The second-order valence-electron chi connectivity index (χ2n) is 6.98. The number of hydrogen-bond donors (Lipinski definition) is 1. The molecule has 0 saturated carbocycles. The van der Waals surface area contributed by atoms with Crippen LogP contribution in [0.3, 0.4) is 0 Å². The highest BCUT2D eigenvalue weighted by atomic mass is 15.2. The van der Waals surface area contributed by atoms with Crippen molar-refractivity contribution in [2.45, 2.75) is 84.3 Å². The summed E-state index contributed by atoms with van der Waals surface area (Å²) in [6, 6.07) is 3.60. The van der Waals surface area contributed by atoms with Gasteiger partial charge in [0.25, 0.3) is 0 Å². The van der Waals surface area contributed by atoms with E-state index in [0.29, 0.717) is 12.1 Å². The van der Waals surface area contributed by atoms with Crippen LogP contribution in [-0.4, -0.2) is 35.6 Å². The van der Waals surface area contributed by atoms with Gasteiger partial charge in [0.15, 0.2) is 0 Å². The second kappa shape index (κ2) is 8.00. The molecule has 1 N–H and O–H groups in total. The molecule has 1 aliphatic rings. The molecular weight excluding hydrogens is 246 g/mol. The Labute approximate surface area is 125 Å². The highest BCUT2D eigenvalue weighted by molar-refractivity contribution is 5.07. The van der Waals surface area contributed by atoms with Crippen molar-refractivity contribution in [2.75, 3.05) is 13.1 Å². The molecule has 1 saturated heterocycles. The molecule has 0 aromatic rings. The van der Waals surface area contributed by atoms with Crippen LogP contribution in [-0.2, 0) is 0 Å². The van der Waals surface area contributed by atoms with Gasteiger partial charge in [-0.1, -0.05) is 13.8 Å². The van der Waals surface area contributed by atoms with Crippen LogP contribution in [0.15, 0.2) is 0 Å². The van der Waals surface area contributed by atoms with Crippen LogP contribution in [0.1, 0.15) is 66.7 Å². The topological polar surface area (TPSA) is 39.1 Å². The summed E-state index contributed by atoms with van der Waals surface area (Å²) in [6.45, 7) is 13.4. The summed E-state index contributed by atoms with van der Waals surface area (Å²) in [4.78, 5) is 2.61. The lowest BCUT2D eigenvalue weighted by atomic mass is 9.90. The molecule has 0 aromatic heterocycles. The van der Waals surface area contributed by atoms with Crippen LogP contribution in [0, 0.1) is 17.2 Å². The van der Waals surface area contributed by atoms with Crippen molar-refractivity contribution >= 4 is 0 Å². The Hall–Kier alpha value is -0.590. The van der Waals surface area contributed by atoms with Crippen LogP contribution in [0.5, 0.6) is 0 Å². The minimum atomic E-state index is -0.335. The van der Waals surface area contributed by atoms with E-state index >= 15 is 0 Å². The van der Waals surface area contributed by atoms with Gasteiger partial charge in [0, 0.05) is 18.6 Å². The summed E-state index contributed by atoms with van der Waals surface area (Å²) >= 11 is 0. The number of hydrogen-bond acceptors (Lipinski definition) is 3. The number of nitrogens with one attached hydrogen (secondary N) is 1. The molecule has 1 rings (SSSR count). The molecule has 1 fully saturated rings. The Bertz CT molecular complexity index is 321. The third-order valence-electron chi connectivity index (χ3n) is 4.68. The molecular formula is C17H33N3. The average molecular weight is 279 g/mol. The minimum Gasteiger partial charge on any atom is -0.300 e. The Morgan fingerprint density at radius 2 is 2.05 bits per heavy atom. The third-order valence-corrected chi connectivity index (χ3v) is 4.68. The standard InChI is InChI=1S/C17H33N3/c1-6-17(13-18,19-14(2)3)10-7-11-20-12-15(4)8-9-16(20)5/h14-16,19H,6-12H2,1-5H3. The molecule has 0 radical (unpaired) electrons. The van der Waals surface area contributed by atoms with Crippen LogP contribution in [0.25, 0.3) is 0 Å². The molecule has 3 atom stereocenters. The fourth-order valence-corrected chi connectivity index (χ4v) is 3.35. The second-order valence-corrected chi connectivity index (χ2v) is 6.98. The number of rotatable bonds is 7. The van der Waals surface area contributed by atoms with Crippen LogP contribution >= 0.6 is 0 Å². The van der Waals surface area contributed by atoms with Crippen molar-refractivity contribution < 1.29 is 0 Å². The van der Waals surface area contributed by atoms with Crippen molar-refractivity contribution in [3.8, 4) is 6.07 Å². The number of nitriles is 1. The molecule has 0 aromatic carbocycles. The smallest absolute Gasteiger partial charge is 0.106 e. The van der Waals surface area contributed by atoms with Gasteiger partial charge in [-0.25, -0.2) is 0 Å². The summed E-state index contributed by atoms with van der Waals surface area (Å²) in [7, 11) is 0. The monoisotopic (exact) mass is 279 g/mol. The van der Waals surface area contributed by atoms with E-state index in [0.717, 1.165) is 31.7 Å². The van der Waals surface area contributed by atoms with Crippen molar-refractivity contribution in [2.24, 2.45) is 5.92 Å². The van der Waals surface area contributed by atoms with E-state index in [2.05, 4.69) is 50.9 Å². The highest BCUT2D eigenvalue weighted by Gasteiger charge is 2.29. The van der Waals surface area contributed by atoms with E-state index in [1.165, 1.54) is 19.4 Å². The summed E-state index contributed by atoms with van der Waals surface area (Å²) in [5.41, 5.74) is -0.335. The molecule has 0 bridgehead atoms. The Balaban J connectivity index is 2.46. The zero-order valence-electron chi connectivity index (χ0n) is 14.1. The van der Waals surface area contributed by atoms with Gasteiger partial charge in [-0.3, -0.25) is 5.32 Å². The van der Waals surface area contributed by atoms with Gasteiger partial charge in [0.2, 0.25) is 0 Å². The summed E-state index contributed by atoms with van der Waals surface area (Å²) in [5, 5.41) is 13.0. The number of nitrogens with zero attached hydrogens (tertiary/aromatic N) is 2. The van der Waals surface area contributed by atoms with Crippen molar-refractivity contribution in [3.05, 3.63) is 0 Å². The molecule has 20 heavy (non-hydrogen) atoms. The van der Waals surface area contributed by atoms with Gasteiger partial charge in [-0.15, -0.1) is 0 Å². The van der Waals surface area contributed by atoms with Crippen LogP contribution in [0.4, 0.5) is 0 Å². The maximum atomic E-state index is 9.53. The van der Waals surface area contributed by atoms with E-state index in [4.69, 9.17) is 0 Å². The quantitative estimate of drug-likeness (QED) is 0.774. The van der Waals surface area contributed by atoms with Gasteiger partial charge in [-0.05, 0) is 65.3 Å². The molecule has 1 heterocycles. The van der Waals surface area contributed by atoms with Gasteiger partial charge in [0.1, 0.15) is 5.54 Å². The predicted octanol–water partition coefficient (Wildman–Crippen LogP) is 3.56. The number of likely N-dealkylation sites (tertiary alicyclic amines) is 1. The zero-order chi connectivity index (χ0) is 15.2. The molecule has 0 amide bonds. The average Bonchev–Trinajstić information content (AvgIpc) is 2.41. The molecule has 0 spiro atoms. The van der Waals surface area contributed by atoms with Gasteiger partial charge < -0.3 is 4.90 Å². The summed E-state index contributed by atoms with van der Waals surface area (Å²) in [6.07, 6.45) is 5.63. The predicted molar refractivity (Wildman–Crippen MR) is 85.6 cm³/mol. The fourth-order valence-electron chi connectivity index (χ4n) is 3.35. The highest BCUT2D eigenvalue weighted by Crippen LogP contribution is 2.23. The first-order valence-electron chi connectivity index (χ1n) is 8.35. The van der Waals surface area contributed by atoms with E-state index in [1.807, 2.05) is 0 Å². The minimum absolute atomic E-state index is 0.335. The van der Waals surface area contributed by atoms with E-state index in [-0.39, 0.29) is 5.54 Å². The maximum Gasteiger partial charge on any atom is 0.106 e. The first kappa shape index (κ1) is 17.5. The Kier molecular flexibility index (Phi) is 6.99. The number of piperidine rings is 1. The molecule has 3 unspecified atom stereocenters. The Morgan fingerprint density at radius 3 is 2.60 bits per heavy atom. The lowest BCUT2D eigenvalue weighted by Crippen LogP contribution is -2.48. The molecule has 3 nitrogen and oxygen atoms in total. The molecule has 3 heteroatoms. The summed E-state index contributed by atoms with van der Waals surface area (Å²) in [5.74, 6) is 0.826. The van der Waals surface area contributed by atoms with Crippen molar-refractivity contribution in [3.63, 3.8) is 0 Å². The largest absolute Gasteiger partial charge is 0.300 e. The van der Waals surface area contributed by atoms with Gasteiger partial charge in [0.05, 0.1) is 6.07 Å². The maximum absolute atomic E-state index is 9.53. The summed E-state index contributed by atoms with van der Waals surface area (Å²) < 4.78 is 0. The van der Waals surface area contributed by atoms with E-state index in [1.54, 1.807) is 0 Å². The van der Waals surface area contributed by atoms with Gasteiger partial charge >= 0.3 is 0 Å². The molecule has 1 aliphatic heterocycles. The molecule has 116 valence electrons. The lowest BCUT2D eigenvalue weighted by Gasteiger charge is -2.37. The van der Waals surface area contributed by atoms with Crippen molar-refractivity contribution in [1.82, 2.24) is 10.2 Å². The SMILES string of the molecule is CCC(C#N)(CCCN1CC(C)CCC1C)NC(C)C. The van der Waals surface area contributed by atoms with E-state index in [9.17, 15) is 5.26 Å². The normalized spacial score (nSPS) is 27.2. The molecule has 0 aliphatic carbocycles. The first-order valence-corrected chi connectivity index (χ1v) is 8.35. The zero-order valence-corrected chi connectivity index (χ0v) is 14.1. The fraction of sp³-hybridized carbons (Fsp3) is 0.941. The van der Waals surface area contributed by atoms with Crippen molar-refractivity contribution in [1.29, 1.82) is 5.26 Å². The van der Waals surface area contributed by atoms with E-state index < -0.39 is 0 Å². The van der Waals surface area contributed by atoms with Gasteiger partial charge in [-0.2, -0.15) is 5.26 Å². The van der Waals surface area contributed by atoms with Crippen LogP contribution in [0.2, 0.25) is 0 Å². The lowest BCUT2D eigenvalue weighted by molar-refractivity contribution is 0.119. The Morgan fingerprint density at radius 1 is 1.35 bits per heavy atom. The third kappa shape index (κ3) is 5.07.